The lowest BCUT2D eigenvalue weighted by molar-refractivity contribution is 0.290. The molecule has 0 atom stereocenters. The van der Waals surface area contributed by atoms with Gasteiger partial charge in [-0.2, -0.15) is 0 Å². The maximum Gasteiger partial charge on any atom is 0.170 e. The van der Waals surface area contributed by atoms with Crippen molar-refractivity contribution in [2.75, 3.05) is 0 Å². The number of aromatic nitrogens is 3. The molecule has 1 N–H and O–H groups in total. The maximum atomic E-state index is 5.78. The summed E-state index contributed by atoms with van der Waals surface area (Å²) in [6.07, 6.45) is 0. The number of nitrogens with one attached hydrogen (secondary N) is 1. The third-order valence-electron chi connectivity index (χ3n) is 3.16. The molecule has 1 heterocycles. The molecule has 108 valence electrons. The van der Waals surface area contributed by atoms with Crippen molar-refractivity contribution in [3.8, 4) is 5.75 Å². The number of hydrogen-bond acceptors (Lipinski definition) is 4. The Balaban J connectivity index is 1.96. The van der Waals surface area contributed by atoms with E-state index in [0.717, 1.165) is 23.9 Å². The van der Waals surface area contributed by atoms with Gasteiger partial charge in [-0.05, 0) is 24.6 Å². The molecule has 0 aliphatic rings. The van der Waals surface area contributed by atoms with E-state index in [1.165, 1.54) is 5.56 Å². The summed E-state index contributed by atoms with van der Waals surface area (Å²) in [5.74, 6) is 2.57. The lowest BCUT2D eigenvalue weighted by atomic mass is 10.2. The van der Waals surface area contributed by atoms with E-state index in [-0.39, 0.29) is 0 Å². The second-order valence-electron chi connectivity index (χ2n) is 5.19. The zero-order chi connectivity index (χ0) is 14.5. The van der Waals surface area contributed by atoms with Crippen LogP contribution in [0.15, 0.2) is 24.3 Å². The number of aryl methyl sites for hydroxylation is 1. The third-order valence-corrected chi connectivity index (χ3v) is 3.16. The van der Waals surface area contributed by atoms with Crippen LogP contribution in [0.25, 0.3) is 0 Å². The van der Waals surface area contributed by atoms with Crippen molar-refractivity contribution in [1.82, 2.24) is 20.1 Å². The smallest absolute Gasteiger partial charge is 0.170 e. The summed E-state index contributed by atoms with van der Waals surface area (Å²) >= 11 is 0. The van der Waals surface area contributed by atoms with Gasteiger partial charge in [-0.25, -0.2) is 0 Å². The van der Waals surface area contributed by atoms with Crippen LogP contribution in [0.3, 0.4) is 0 Å². The Kier molecular flexibility index (Phi) is 4.74. The van der Waals surface area contributed by atoms with Crippen LogP contribution in [0.1, 0.15) is 31.1 Å². The number of nitrogens with zero attached hydrogens (tertiary/aromatic N) is 3. The fourth-order valence-electron chi connectivity index (χ4n) is 1.79. The van der Waals surface area contributed by atoms with Gasteiger partial charge in [-0.15, -0.1) is 10.2 Å². The molecule has 0 radical (unpaired) electrons. The van der Waals surface area contributed by atoms with Gasteiger partial charge >= 0.3 is 0 Å². The van der Waals surface area contributed by atoms with E-state index < -0.39 is 0 Å². The van der Waals surface area contributed by atoms with Gasteiger partial charge in [0.05, 0.1) is 0 Å². The average Bonchev–Trinajstić information content (AvgIpc) is 2.75. The molecule has 5 heteroatoms. The van der Waals surface area contributed by atoms with Crippen molar-refractivity contribution >= 4 is 0 Å². The standard InChI is InChI=1S/C15H22N4O/c1-11(2)16-9-13-6-5-7-14(8-13)20-10-15-18-17-12(3)19(15)4/h5-8,11,16H,9-10H2,1-4H3. The summed E-state index contributed by atoms with van der Waals surface area (Å²) in [5.41, 5.74) is 1.21. The van der Waals surface area contributed by atoms with Gasteiger partial charge in [0.25, 0.3) is 0 Å². The van der Waals surface area contributed by atoms with E-state index in [0.29, 0.717) is 12.6 Å². The summed E-state index contributed by atoms with van der Waals surface area (Å²) in [4.78, 5) is 0. The Morgan fingerprint density at radius 1 is 1.30 bits per heavy atom. The first kappa shape index (κ1) is 14.5. The Morgan fingerprint density at radius 3 is 2.75 bits per heavy atom. The van der Waals surface area contributed by atoms with Crippen LogP contribution in [0.2, 0.25) is 0 Å². The van der Waals surface area contributed by atoms with Crippen LogP contribution in [-0.2, 0) is 20.2 Å². The SMILES string of the molecule is Cc1nnc(COc2cccc(CNC(C)C)c2)n1C. The molecule has 0 aliphatic heterocycles. The van der Waals surface area contributed by atoms with Gasteiger partial charge in [0.15, 0.2) is 5.82 Å². The van der Waals surface area contributed by atoms with Crippen LogP contribution >= 0.6 is 0 Å². The molecule has 0 unspecified atom stereocenters. The molecule has 0 amide bonds. The van der Waals surface area contributed by atoms with E-state index in [1.807, 2.05) is 30.7 Å². The van der Waals surface area contributed by atoms with Crippen LogP contribution in [0.5, 0.6) is 5.75 Å². The van der Waals surface area contributed by atoms with E-state index in [2.05, 4.69) is 41.5 Å². The van der Waals surface area contributed by atoms with E-state index in [1.54, 1.807) is 0 Å². The lowest BCUT2D eigenvalue weighted by Crippen LogP contribution is -2.21. The molecule has 2 rings (SSSR count). The van der Waals surface area contributed by atoms with Gasteiger partial charge in [-0.3, -0.25) is 0 Å². The second-order valence-corrected chi connectivity index (χ2v) is 5.19. The predicted molar refractivity (Wildman–Crippen MR) is 78.5 cm³/mol. The fourth-order valence-corrected chi connectivity index (χ4v) is 1.79. The van der Waals surface area contributed by atoms with Gasteiger partial charge in [0.2, 0.25) is 0 Å². The summed E-state index contributed by atoms with van der Waals surface area (Å²) in [6.45, 7) is 7.47. The Labute approximate surface area is 120 Å². The molecule has 0 spiro atoms. The average molecular weight is 274 g/mol. The summed E-state index contributed by atoms with van der Waals surface area (Å²) in [6, 6.07) is 8.59. The normalized spacial score (nSPS) is 11.1. The summed E-state index contributed by atoms with van der Waals surface area (Å²) in [7, 11) is 1.94. The molecule has 0 saturated carbocycles. The zero-order valence-electron chi connectivity index (χ0n) is 12.6. The predicted octanol–water partition coefficient (Wildman–Crippen LogP) is 2.20. The molecule has 0 aliphatic carbocycles. The van der Waals surface area contributed by atoms with Gasteiger partial charge in [0, 0.05) is 19.6 Å². The number of rotatable bonds is 6. The first-order valence-corrected chi connectivity index (χ1v) is 6.86. The largest absolute Gasteiger partial charge is 0.486 e. The summed E-state index contributed by atoms with van der Waals surface area (Å²) < 4.78 is 7.72. The van der Waals surface area contributed by atoms with Crippen molar-refractivity contribution in [2.24, 2.45) is 7.05 Å². The van der Waals surface area contributed by atoms with Gasteiger partial charge in [-0.1, -0.05) is 26.0 Å². The third kappa shape index (κ3) is 3.81. The molecular formula is C15H22N4O. The highest BCUT2D eigenvalue weighted by molar-refractivity contribution is 5.28. The number of benzene rings is 1. The van der Waals surface area contributed by atoms with E-state index >= 15 is 0 Å². The molecular weight excluding hydrogens is 252 g/mol. The molecule has 0 fully saturated rings. The molecule has 20 heavy (non-hydrogen) atoms. The van der Waals surface area contributed by atoms with Gasteiger partial charge < -0.3 is 14.6 Å². The van der Waals surface area contributed by atoms with E-state index in [9.17, 15) is 0 Å². The fraction of sp³-hybridized carbons (Fsp3) is 0.467. The van der Waals surface area contributed by atoms with Crippen molar-refractivity contribution in [3.05, 3.63) is 41.5 Å². The molecule has 0 saturated heterocycles. The highest BCUT2D eigenvalue weighted by Crippen LogP contribution is 2.15. The lowest BCUT2D eigenvalue weighted by Gasteiger charge is -2.10. The molecule has 1 aromatic heterocycles. The van der Waals surface area contributed by atoms with Crippen LogP contribution in [-0.4, -0.2) is 20.8 Å². The number of hydrogen-bond donors (Lipinski definition) is 1. The van der Waals surface area contributed by atoms with Crippen LogP contribution < -0.4 is 10.1 Å². The highest BCUT2D eigenvalue weighted by atomic mass is 16.5. The van der Waals surface area contributed by atoms with Gasteiger partial charge in [0.1, 0.15) is 18.2 Å². The minimum Gasteiger partial charge on any atom is -0.486 e. The maximum absolute atomic E-state index is 5.78. The summed E-state index contributed by atoms with van der Waals surface area (Å²) in [5, 5.41) is 11.5. The Bertz CT molecular complexity index is 563. The molecule has 2 aromatic rings. The topological polar surface area (TPSA) is 52.0 Å². The first-order chi connectivity index (χ1) is 9.56. The highest BCUT2D eigenvalue weighted by Gasteiger charge is 2.06. The first-order valence-electron chi connectivity index (χ1n) is 6.86. The Morgan fingerprint density at radius 2 is 2.10 bits per heavy atom. The minimum atomic E-state index is 0.429. The van der Waals surface area contributed by atoms with Crippen molar-refractivity contribution in [1.29, 1.82) is 0 Å². The van der Waals surface area contributed by atoms with Crippen molar-refractivity contribution in [3.63, 3.8) is 0 Å². The Hall–Kier alpha value is -1.88. The van der Waals surface area contributed by atoms with E-state index in [4.69, 9.17) is 4.74 Å². The monoisotopic (exact) mass is 274 g/mol. The molecule has 0 bridgehead atoms. The van der Waals surface area contributed by atoms with Crippen molar-refractivity contribution in [2.45, 2.75) is 40.0 Å². The van der Waals surface area contributed by atoms with Crippen molar-refractivity contribution < 1.29 is 4.74 Å². The molecule has 5 nitrogen and oxygen atoms in total. The second kappa shape index (κ2) is 6.52. The number of ether oxygens (including phenoxy) is 1. The quantitative estimate of drug-likeness (QED) is 0.877. The van der Waals surface area contributed by atoms with Crippen LogP contribution in [0, 0.1) is 6.92 Å². The molecule has 1 aromatic carbocycles. The van der Waals surface area contributed by atoms with Crippen LogP contribution in [0.4, 0.5) is 0 Å². The zero-order valence-corrected chi connectivity index (χ0v) is 12.6. The minimum absolute atomic E-state index is 0.429.